The molecule has 1 aliphatic carbocycles. The zero-order valence-electron chi connectivity index (χ0n) is 19.1. The largest absolute Gasteiger partial charge is 0.493 e. The van der Waals surface area contributed by atoms with Crippen LogP contribution >= 0.6 is 0 Å². The third-order valence-electron chi connectivity index (χ3n) is 5.97. The van der Waals surface area contributed by atoms with E-state index in [-0.39, 0.29) is 6.42 Å². The van der Waals surface area contributed by atoms with Crippen molar-refractivity contribution in [1.29, 1.82) is 0 Å². The number of methoxy groups -OCH3 is 6. The van der Waals surface area contributed by atoms with E-state index in [0.717, 1.165) is 16.7 Å². The van der Waals surface area contributed by atoms with Gasteiger partial charge in [0.15, 0.2) is 23.0 Å². The summed E-state index contributed by atoms with van der Waals surface area (Å²) in [5, 5.41) is 0. The maximum absolute atomic E-state index is 13.0. The fourth-order valence-corrected chi connectivity index (χ4v) is 4.49. The first-order chi connectivity index (χ1) is 15.4. The third-order valence-corrected chi connectivity index (χ3v) is 5.97. The molecular formula is C24H28O8. The average Bonchev–Trinajstić information content (AvgIpc) is 3.14. The van der Waals surface area contributed by atoms with Crippen molar-refractivity contribution in [3.8, 4) is 23.0 Å². The van der Waals surface area contributed by atoms with Gasteiger partial charge in [-0.05, 0) is 41.0 Å². The molecule has 0 unspecified atom stereocenters. The molecule has 0 saturated heterocycles. The van der Waals surface area contributed by atoms with Crippen molar-refractivity contribution in [2.24, 2.45) is 5.92 Å². The second-order valence-electron chi connectivity index (χ2n) is 7.36. The standard InChI is InChI=1S/C24H28O8/c1-27-17-8-7-13(9-18(17)28-2)22-15-11-20(30-4)19(29-3)10-14(15)16(12-21(25)31-5)23(22)24(26)32-6/h7-11,16,22-23H,12H2,1-6H3/t16-,22+,23+/m1/s1. The van der Waals surface area contributed by atoms with Gasteiger partial charge in [-0.2, -0.15) is 0 Å². The van der Waals surface area contributed by atoms with E-state index in [4.69, 9.17) is 28.4 Å². The predicted molar refractivity (Wildman–Crippen MR) is 116 cm³/mol. The summed E-state index contributed by atoms with van der Waals surface area (Å²) < 4.78 is 31.9. The lowest BCUT2D eigenvalue weighted by atomic mass is 9.81. The van der Waals surface area contributed by atoms with Crippen LogP contribution in [0.15, 0.2) is 30.3 Å². The van der Waals surface area contributed by atoms with Gasteiger partial charge < -0.3 is 28.4 Å². The van der Waals surface area contributed by atoms with Gasteiger partial charge in [-0.15, -0.1) is 0 Å². The van der Waals surface area contributed by atoms with Gasteiger partial charge >= 0.3 is 11.9 Å². The average molecular weight is 444 g/mol. The van der Waals surface area contributed by atoms with Crippen molar-refractivity contribution in [3.63, 3.8) is 0 Å². The van der Waals surface area contributed by atoms with E-state index in [1.54, 1.807) is 27.4 Å². The molecule has 0 bridgehead atoms. The molecule has 2 aromatic rings. The Hall–Kier alpha value is -3.42. The number of esters is 2. The zero-order chi connectivity index (χ0) is 23.4. The molecule has 0 N–H and O–H groups in total. The molecule has 0 amide bonds. The fourth-order valence-electron chi connectivity index (χ4n) is 4.49. The number of rotatable bonds is 8. The van der Waals surface area contributed by atoms with Crippen LogP contribution in [-0.2, 0) is 19.1 Å². The first-order valence-corrected chi connectivity index (χ1v) is 10.1. The fraction of sp³-hybridized carbons (Fsp3) is 0.417. The minimum absolute atomic E-state index is 0.0164. The van der Waals surface area contributed by atoms with Crippen molar-refractivity contribution >= 4 is 11.9 Å². The molecule has 8 nitrogen and oxygen atoms in total. The summed E-state index contributed by atoms with van der Waals surface area (Å²) >= 11 is 0. The van der Waals surface area contributed by atoms with Crippen LogP contribution < -0.4 is 18.9 Å². The van der Waals surface area contributed by atoms with Crippen LogP contribution in [0.2, 0.25) is 0 Å². The van der Waals surface area contributed by atoms with Gasteiger partial charge in [0.1, 0.15) is 0 Å². The summed E-state index contributed by atoms with van der Waals surface area (Å²) in [6, 6.07) is 9.17. The van der Waals surface area contributed by atoms with E-state index < -0.39 is 29.7 Å². The molecular weight excluding hydrogens is 416 g/mol. The monoisotopic (exact) mass is 444 g/mol. The molecule has 0 fully saturated rings. The Kier molecular flexibility index (Phi) is 7.12. The van der Waals surface area contributed by atoms with Crippen LogP contribution in [0.25, 0.3) is 0 Å². The lowest BCUT2D eigenvalue weighted by Gasteiger charge is -2.24. The first kappa shape index (κ1) is 23.2. The summed E-state index contributed by atoms with van der Waals surface area (Å²) in [7, 11) is 8.87. The predicted octanol–water partition coefficient (Wildman–Crippen LogP) is 3.30. The molecule has 0 saturated carbocycles. The molecule has 8 heteroatoms. The summed E-state index contributed by atoms with van der Waals surface area (Å²) in [5.41, 5.74) is 2.47. The topological polar surface area (TPSA) is 89.5 Å². The molecule has 0 heterocycles. The highest BCUT2D eigenvalue weighted by Crippen LogP contribution is 2.55. The van der Waals surface area contributed by atoms with Crippen molar-refractivity contribution in [2.45, 2.75) is 18.3 Å². The van der Waals surface area contributed by atoms with Gasteiger partial charge in [0.2, 0.25) is 0 Å². The highest BCUT2D eigenvalue weighted by Gasteiger charge is 2.48. The van der Waals surface area contributed by atoms with Crippen molar-refractivity contribution in [1.82, 2.24) is 0 Å². The van der Waals surface area contributed by atoms with E-state index in [1.807, 2.05) is 24.3 Å². The zero-order valence-corrected chi connectivity index (χ0v) is 19.1. The molecule has 3 rings (SSSR count). The van der Waals surface area contributed by atoms with E-state index in [9.17, 15) is 9.59 Å². The summed E-state index contributed by atoms with van der Waals surface area (Å²) in [6.07, 6.45) is 0.0164. The number of carbonyl (C=O) groups excluding carboxylic acids is 2. The van der Waals surface area contributed by atoms with E-state index in [1.165, 1.54) is 21.3 Å². The van der Waals surface area contributed by atoms with Gasteiger partial charge in [0.05, 0.1) is 55.0 Å². The van der Waals surface area contributed by atoms with Gasteiger partial charge in [-0.25, -0.2) is 0 Å². The van der Waals surface area contributed by atoms with Crippen LogP contribution in [0.1, 0.15) is 34.9 Å². The normalized spacial score (nSPS) is 19.0. The molecule has 1 aliphatic rings. The van der Waals surface area contributed by atoms with Gasteiger partial charge in [-0.1, -0.05) is 6.07 Å². The van der Waals surface area contributed by atoms with Crippen molar-refractivity contribution in [2.75, 3.05) is 42.7 Å². The minimum atomic E-state index is -0.663. The maximum atomic E-state index is 13.0. The highest BCUT2D eigenvalue weighted by molar-refractivity contribution is 5.81. The smallest absolute Gasteiger partial charge is 0.310 e. The minimum Gasteiger partial charge on any atom is -0.493 e. The highest BCUT2D eigenvalue weighted by atomic mass is 16.5. The number of hydrogen-bond donors (Lipinski definition) is 0. The Labute approximate surface area is 187 Å². The summed E-state index contributed by atoms with van der Waals surface area (Å²) in [4.78, 5) is 25.3. The van der Waals surface area contributed by atoms with Crippen LogP contribution in [0.3, 0.4) is 0 Å². The molecule has 0 aromatic heterocycles. The van der Waals surface area contributed by atoms with E-state index in [0.29, 0.717) is 23.0 Å². The number of ether oxygens (including phenoxy) is 6. The SMILES string of the molecule is COC(=O)C[C@@H]1c2cc(OC)c(OC)cc2[C@H](c2ccc(OC)c(OC)c2)[C@H]1C(=O)OC. The van der Waals surface area contributed by atoms with Gasteiger partial charge in [-0.3, -0.25) is 9.59 Å². The number of fused-ring (bicyclic) bond motifs is 1. The van der Waals surface area contributed by atoms with Crippen LogP contribution in [0.4, 0.5) is 0 Å². The van der Waals surface area contributed by atoms with E-state index in [2.05, 4.69) is 0 Å². The molecule has 0 radical (unpaired) electrons. The lowest BCUT2D eigenvalue weighted by Crippen LogP contribution is -2.26. The second kappa shape index (κ2) is 9.80. The molecule has 2 aromatic carbocycles. The Morgan fingerprint density at radius 1 is 0.719 bits per heavy atom. The Morgan fingerprint density at radius 2 is 1.28 bits per heavy atom. The molecule has 3 atom stereocenters. The van der Waals surface area contributed by atoms with Crippen LogP contribution in [0, 0.1) is 5.92 Å². The summed E-state index contributed by atoms with van der Waals surface area (Å²) in [6.45, 7) is 0. The van der Waals surface area contributed by atoms with Crippen LogP contribution in [-0.4, -0.2) is 54.6 Å². The van der Waals surface area contributed by atoms with Crippen molar-refractivity contribution < 1.29 is 38.0 Å². The molecule has 172 valence electrons. The Balaban J connectivity index is 2.26. The lowest BCUT2D eigenvalue weighted by molar-refractivity contribution is -0.147. The van der Waals surface area contributed by atoms with E-state index >= 15 is 0 Å². The van der Waals surface area contributed by atoms with Crippen molar-refractivity contribution in [3.05, 3.63) is 47.0 Å². The Bertz CT molecular complexity index is 1000. The van der Waals surface area contributed by atoms with Gasteiger partial charge in [0.25, 0.3) is 0 Å². The van der Waals surface area contributed by atoms with Gasteiger partial charge in [0, 0.05) is 11.8 Å². The second-order valence-corrected chi connectivity index (χ2v) is 7.36. The quantitative estimate of drug-likeness (QED) is 0.573. The Morgan fingerprint density at radius 3 is 1.81 bits per heavy atom. The first-order valence-electron chi connectivity index (χ1n) is 10.1. The molecule has 0 spiro atoms. The molecule has 0 aliphatic heterocycles. The van der Waals surface area contributed by atoms with Crippen LogP contribution in [0.5, 0.6) is 23.0 Å². The molecule has 32 heavy (non-hydrogen) atoms. The maximum Gasteiger partial charge on any atom is 0.310 e. The number of hydrogen-bond acceptors (Lipinski definition) is 8. The summed E-state index contributed by atoms with van der Waals surface area (Å²) in [5.74, 6) is -0.240. The number of carbonyl (C=O) groups is 2. The number of benzene rings is 2. The third kappa shape index (κ3) is 4.04.